The minimum Gasteiger partial charge on any atom is -0.383 e. The van der Waals surface area contributed by atoms with Crippen LogP contribution in [0.25, 0.3) is 0 Å². The van der Waals surface area contributed by atoms with Crippen LogP contribution < -0.4 is 5.73 Å². The summed E-state index contributed by atoms with van der Waals surface area (Å²) in [7, 11) is 1.80. The summed E-state index contributed by atoms with van der Waals surface area (Å²) in [5, 5.41) is 0. The molecule has 2 fully saturated rings. The van der Waals surface area contributed by atoms with E-state index in [1.807, 2.05) is 0 Å². The molecule has 0 amide bonds. The van der Waals surface area contributed by atoms with E-state index in [9.17, 15) is 0 Å². The van der Waals surface area contributed by atoms with Gasteiger partial charge in [0.1, 0.15) is 0 Å². The molecule has 3 atom stereocenters. The summed E-state index contributed by atoms with van der Waals surface area (Å²) in [6.07, 6.45) is 8.05. The van der Waals surface area contributed by atoms with Gasteiger partial charge in [0.15, 0.2) is 0 Å². The Hall–Kier alpha value is -0.120. The van der Waals surface area contributed by atoms with Crippen molar-refractivity contribution in [3.63, 3.8) is 0 Å². The lowest BCUT2D eigenvalue weighted by Gasteiger charge is -2.50. The lowest BCUT2D eigenvalue weighted by Crippen LogP contribution is -2.60. The maximum atomic E-state index is 6.25. The summed E-state index contributed by atoms with van der Waals surface area (Å²) in [5.74, 6) is 1.71. The third-order valence-electron chi connectivity index (χ3n) is 5.39. The Labute approximate surface area is 118 Å². The van der Waals surface area contributed by atoms with E-state index >= 15 is 0 Å². The summed E-state index contributed by atoms with van der Waals surface area (Å²) in [6, 6.07) is 0.670. The van der Waals surface area contributed by atoms with Crippen molar-refractivity contribution in [2.45, 2.75) is 64.0 Å². The zero-order valence-corrected chi connectivity index (χ0v) is 13.0. The summed E-state index contributed by atoms with van der Waals surface area (Å²) < 4.78 is 5.35. The van der Waals surface area contributed by atoms with Gasteiger partial charge in [-0.15, -0.1) is 0 Å². The number of hydrogen-bond acceptors (Lipinski definition) is 3. The highest BCUT2D eigenvalue weighted by Gasteiger charge is 2.44. The third-order valence-corrected chi connectivity index (χ3v) is 5.39. The van der Waals surface area contributed by atoms with E-state index in [4.69, 9.17) is 10.5 Å². The van der Waals surface area contributed by atoms with Crippen molar-refractivity contribution in [2.24, 2.45) is 17.6 Å². The lowest BCUT2D eigenvalue weighted by molar-refractivity contribution is -0.0129. The highest BCUT2D eigenvalue weighted by molar-refractivity contribution is 5.00. The van der Waals surface area contributed by atoms with Gasteiger partial charge in [-0.25, -0.2) is 0 Å². The van der Waals surface area contributed by atoms with Gasteiger partial charge in [-0.3, -0.25) is 4.90 Å². The maximum Gasteiger partial charge on any atom is 0.0590 e. The molecule has 3 heteroatoms. The first kappa shape index (κ1) is 15.3. The minimum atomic E-state index is 0.234. The number of nitrogens with zero attached hydrogens (tertiary/aromatic N) is 1. The average Bonchev–Trinajstić information content (AvgIpc) is 3.23. The second-order valence-corrected chi connectivity index (χ2v) is 6.89. The molecule has 0 bridgehead atoms. The molecule has 0 heterocycles. The first-order valence-corrected chi connectivity index (χ1v) is 8.08. The van der Waals surface area contributed by atoms with Gasteiger partial charge in [0, 0.05) is 31.8 Å². The van der Waals surface area contributed by atoms with Crippen molar-refractivity contribution in [1.82, 2.24) is 4.90 Å². The van der Waals surface area contributed by atoms with E-state index in [1.165, 1.54) is 38.5 Å². The van der Waals surface area contributed by atoms with Crippen LogP contribution >= 0.6 is 0 Å². The van der Waals surface area contributed by atoms with Gasteiger partial charge in [0.25, 0.3) is 0 Å². The normalized spacial score (nSPS) is 33.6. The Morgan fingerprint density at radius 2 is 2.11 bits per heavy atom. The predicted octanol–water partition coefficient (Wildman–Crippen LogP) is 2.64. The van der Waals surface area contributed by atoms with Crippen LogP contribution in [-0.4, -0.2) is 43.3 Å². The Morgan fingerprint density at radius 3 is 2.63 bits per heavy atom. The maximum absolute atomic E-state index is 6.25. The molecule has 2 rings (SSSR count). The van der Waals surface area contributed by atoms with Crippen molar-refractivity contribution < 1.29 is 4.74 Å². The van der Waals surface area contributed by atoms with E-state index in [2.05, 4.69) is 18.7 Å². The first-order chi connectivity index (χ1) is 9.13. The molecule has 19 heavy (non-hydrogen) atoms. The Balaban J connectivity index is 2.12. The molecule has 112 valence electrons. The second kappa shape index (κ2) is 6.55. The van der Waals surface area contributed by atoms with Crippen LogP contribution in [0, 0.1) is 11.8 Å². The summed E-state index contributed by atoms with van der Waals surface area (Å²) >= 11 is 0. The van der Waals surface area contributed by atoms with Gasteiger partial charge in [-0.2, -0.15) is 0 Å². The van der Waals surface area contributed by atoms with Crippen LogP contribution in [0.15, 0.2) is 0 Å². The molecular weight excluding hydrogens is 236 g/mol. The van der Waals surface area contributed by atoms with Crippen LogP contribution in [0.5, 0.6) is 0 Å². The van der Waals surface area contributed by atoms with E-state index in [-0.39, 0.29) is 5.54 Å². The van der Waals surface area contributed by atoms with Crippen molar-refractivity contribution in [2.75, 3.05) is 26.8 Å². The fourth-order valence-electron chi connectivity index (χ4n) is 4.09. The van der Waals surface area contributed by atoms with Crippen molar-refractivity contribution >= 4 is 0 Å². The molecule has 0 radical (unpaired) electrons. The monoisotopic (exact) mass is 268 g/mol. The average molecular weight is 268 g/mol. The SMILES string of the molecule is COCCN(C(C)C1CC1)C1(CN)CCCC(C)C1. The second-order valence-electron chi connectivity index (χ2n) is 6.89. The van der Waals surface area contributed by atoms with Gasteiger partial charge in [0.05, 0.1) is 6.61 Å². The fourth-order valence-corrected chi connectivity index (χ4v) is 4.09. The smallest absolute Gasteiger partial charge is 0.0590 e. The molecule has 2 N–H and O–H groups in total. The van der Waals surface area contributed by atoms with E-state index in [1.54, 1.807) is 7.11 Å². The predicted molar refractivity (Wildman–Crippen MR) is 80.2 cm³/mol. The number of hydrogen-bond donors (Lipinski definition) is 1. The van der Waals surface area contributed by atoms with Crippen LogP contribution in [0.1, 0.15) is 52.4 Å². The number of methoxy groups -OCH3 is 1. The number of rotatable bonds is 7. The number of nitrogens with two attached hydrogens (primary N) is 1. The molecule has 3 nitrogen and oxygen atoms in total. The highest BCUT2D eigenvalue weighted by Crippen LogP contribution is 2.42. The quantitative estimate of drug-likeness (QED) is 0.771. The van der Waals surface area contributed by atoms with Gasteiger partial charge < -0.3 is 10.5 Å². The standard InChI is InChI=1S/C16H32N2O/c1-13-5-4-8-16(11-13,12-17)18(9-10-19-3)14(2)15-6-7-15/h13-15H,4-12,17H2,1-3H3. The molecule has 2 saturated carbocycles. The largest absolute Gasteiger partial charge is 0.383 e. The molecule has 0 aliphatic heterocycles. The Morgan fingerprint density at radius 1 is 1.37 bits per heavy atom. The van der Waals surface area contributed by atoms with E-state index in [0.29, 0.717) is 6.04 Å². The van der Waals surface area contributed by atoms with Crippen LogP contribution in [0.2, 0.25) is 0 Å². The molecule has 0 spiro atoms. The topological polar surface area (TPSA) is 38.5 Å². The molecule has 0 saturated heterocycles. The molecule has 0 aromatic heterocycles. The lowest BCUT2D eigenvalue weighted by atomic mass is 9.74. The Bertz CT molecular complexity index is 280. The minimum absolute atomic E-state index is 0.234. The summed E-state index contributed by atoms with van der Waals surface area (Å²) in [5.41, 5.74) is 6.48. The zero-order chi connectivity index (χ0) is 13.9. The van der Waals surface area contributed by atoms with Gasteiger partial charge in [0.2, 0.25) is 0 Å². The molecule has 0 aromatic rings. The van der Waals surface area contributed by atoms with Gasteiger partial charge >= 0.3 is 0 Å². The molecule has 2 aliphatic carbocycles. The summed E-state index contributed by atoms with van der Waals surface area (Å²) in [6.45, 7) is 7.47. The third kappa shape index (κ3) is 3.50. The van der Waals surface area contributed by atoms with Gasteiger partial charge in [-0.05, 0) is 44.4 Å². The van der Waals surface area contributed by atoms with Crippen molar-refractivity contribution in [3.05, 3.63) is 0 Å². The summed E-state index contributed by atoms with van der Waals surface area (Å²) in [4.78, 5) is 2.71. The van der Waals surface area contributed by atoms with Crippen LogP contribution in [0.3, 0.4) is 0 Å². The van der Waals surface area contributed by atoms with Gasteiger partial charge in [-0.1, -0.05) is 19.8 Å². The molecule has 2 aliphatic rings. The molecule has 3 unspecified atom stereocenters. The van der Waals surface area contributed by atoms with Crippen molar-refractivity contribution in [3.8, 4) is 0 Å². The van der Waals surface area contributed by atoms with Crippen LogP contribution in [-0.2, 0) is 4.74 Å². The first-order valence-electron chi connectivity index (χ1n) is 8.08. The highest BCUT2D eigenvalue weighted by atomic mass is 16.5. The van der Waals surface area contributed by atoms with E-state index < -0.39 is 0 Å². The van der Waals surface area contributed by atoms with Crippen LogP contribution in [0.4, 0.5) is 0 Å². The zero-order valence-electron chi connectivity index (χ0n) is 13.0. The Kier molecular flexibility index (Phi) is 5.27. The number of ether oxygens (including phenoxy) is 1. The van der Waals surface area contributed by atoms with Crippen molar-refractivity contribution in [1.29, 1.82) is 0 Å². The molecular formula is C16H32N2O. The molecule has 0 aromatic carbocycles. The fraction of sp³-hybridized carbons (Fsp3) is 1.00. The van der Waals surface area contributed by atoms with E-state index in [0.717, 1.165) is 31.5 Å².